The average molecular weight is 701 g/mol. The molecule has 0 saturated carbocycles. The summed E-state index contributed by atoms with van der Waals surface area (Å²) in [4.78, 5) is 33.7. The molecule has 5 nitrogen and oxygen atoms in total. The lowest BCUT2D eigenvalue weighted by Gasteiger charge is -2.45. The lowest BCUT2D eigenvalue weighted by atomic mass is 9.85. The van der Waals surface area contributed by atoms with Gasteiger partial charge < -0.3 is 4.74 Å². The Kier molecular flexibility index (Phi) is 9.26. The second kappa shape index (κ2) is 10.5. The van der Waals surface area contributed by atoms with Crippen molar-refractivity contribution in [2.75, 3.05) is 0 Å². The van der Waals surface area contributed by atoms with Crippen LogP contribution >= 0.6 is 0 Å². The summed E-state index contributed by atoms with van der Waals surface area (Å²) in [5.74, 6) is -83.9. The van der Waals surface area contributed by atoms with Gasteiger partial charge in [-0.2, -0.15) is 92.2 Å². The van der Waals surface area contributed by atoms with Crippen LogP contribution in [-0.4, -0.2) is 83.4 Å². The summed E-state index contributed by atoms with van der Waals surface area (Å²) in [6.07, 6.45) is -13.7. The van der Waals surface area contributed by atoms with Crippen molar-refractivity contribution in [3.05, 3.63) is 11.6 Å². The molecule has 1 N–H and O–H groups in total. The normalized spacial score (nSPS) is 17.8. The van der Waals surface area contributed by atoms with Gasteiger partial charge in [0.25, 0.3) is 11.8 Å². The summed E-state index contributed by atoms with van der Waals surface area (Å²) in [5.41, 5.74) is -0.991. The molecular formula is C18H8F21NO4. The van der Waals surface area contributed by atoms with E-state index in [4.69, 9.17) is 0 Å². The van der Waals surface area contributed by atoms with E-state index < -0.39 is 102 Å². The zero-order valence-corrected chi connectivity index (χ0v) is 19.9. The molecule has 1 heterocycles. The van der Waals surface area contributed by atoms with Gasteiger partial charge in [0.1, 0.15) is 0 Å². The minimum Gasteiger partial charge on any atom is -0.456 e. The molecule has 26 heteroatoms. The predicted molar refractivity (Wildman–Crippen MR) is 92.0 cm³/mol. The maximum Gasteiger partial charge on any atom is 0.460 e. The topological polar surface area (TPSA) is 72.5 Å². The molecule has 256 valence electrons. The predicted octanol–water partition coefficient (Wildman–Crippen LogP) is 6.17. The molecule has 0 saturated heterocycles. The third-order valence-electron chi connectivity index (χ3n) is 5.52. The fourth-order valence-corrected chi connectivity index (χ4v) is 2.88. The van der Waals surface area contributed by atoms with E-state index in [1.807, 2.05) is 0 Å². The smallest absolute Gasteiger partial charge is 0.456 e. The van der Waals surface area contributed by atoms with Crippen molar-refractivity contribution in [3.63, 3.8) is 0 Å². The van der Waals surface area contributed by atoms with Crippen molar-refractivity contribution in [2.45, 2.75) is 78.9 Å². The number of rotatable bonds is 12. The summed E-state index contributed by atoms with van der Waals surface area (Å²) in [6.45, 7) is -0.602. The quantitative estimate of drug-likeness (QED) is 0.150. The van der Waals surface area contributed by atoms with E-state index in [0.29, 0.717) is 0 Å². The van der Waals surface area contributed by atoms with E-state index >= 15 is 0 Å². The molecule has 1 unspecified atom stereocenters. The number of nitrogens with one attached hydrogen (secondary N) is 1. The second-order valence-corrected chi connectivity index (χ2v) is 8.51. The first kappa shape index (κ1) is 38.9. The van der Waals surface area contributed by atoms with Crippen LogP contribution in [0.5, 0.6) is 0 Å². The van der Waals surface area contributed by atoms with E-state index in [2.05, 4.69) is 4.74 Å². The Morgan fingerprint density at radius 3 is 1.23 bits per heavy atom. The van der Waals surface area contributed by atoms with Crippen molar-refractivity contribution in [1.29, 1.82) is 0 Å². The number of carbonyl (C=O) groups is 3. The standard InChI is InChI=1S/C18H8F21NO4/c1-4(44-7(42)3-5-2-6(41)40-8(5)43)9(19,20)10(21,22)11(23,24)12(25,26)13(27,28)14(29,30)15(31,32)16(33,34)17(35,36)18(37,38)39/h2,4H,3H2,1H3,(H,40,41,43). The van der Waals surface area contributed by atoms with E-state index in [0.717, 1.165) is 0 Å². The van der Waals surface area contributed by atoms with Gasteiger partial charge in [-0.3, -0.25) is 19.7 Å². The third-order valence-corrected chi connectivity index (χ3v) is 5.52. The molecule has 0 spiro atoms. The molecule has 44 heavy (non-hydrogen) atoms. The van der Waals surface area contributed by atoms with E-state index in [1.165, 1.54) is 5.32 Å². The van der Waals surface area contributed by atoms with Crippen LogP contribution in [0.15, 0.2) is 11.6 Å². The maximum absolute atomic E-state index is 14.1. The van der Waals surface area contributed by atoms with Crippen LogP contribution in [0, 0.1) is 0 Å². The van der Waals surface area contributed by atoms with Gasteiger partial charge in [0.2, 0.25) is 0 Å². The minimum atomic E-state index is -9.30. The van der Waals surface area contributed by atoms with Gasteiger partial charge in [-0.1, -0.05) is 0 Å². The number of hydrogen-bond acceptors (Lipinski definition) is 4. The van der Waals surface area contributed by atoms with Gasteiger partial charge in [-0.15, -0.1) is 0 Å². The van der Waals surface area contributed by atoms with Gasteiger partial charge in [0, 0.05) is 11.6 Å². The Morgan fingerprint density at radius 1 is 0.614 bits per heavy atom. The summed E-state index contributed by atoms with van der Waals surface area (Å²) < 4.78 is 285. The first-order chi connectivity index (χ1) is 18.9. The number of esters is 1. The van der Waals surface area contributed by atoms with E-state index in [1.54, 1.807) is 0 Å². The zero-order chi connectivity index (χ0) is 35.7. The highest BCUT2D eigenvalue weighted by Gasteiger charge is 2.98. The molecule has 0 aliphatic carbocycles. The van der Waals surface area contributed by atoms with E-state index in [-0.39, 0.29) is 6.08 Å². The van der Waals surface area contributed by atoms with Crippen LogP contribution < -0.4 is 5.32 Å². The number of alkyl halides is 21. The van der Waals surface area contributed by atoms with Gasteiger partial charge in [-0.05, 0) is 6.92 Å². The molecular weight excluding hydrogens is 693 g/mol. The van der Waals surface area contributed by atoms with Crippen LogP contribution in [0.2, 0.25) is 0 Å². The summed E-state index contributed by atoms with van der Waals surface area (Å²) in [6, 6.07) is 0. The maximum atomic E-state index is 14.1. The molecule has 1 rings (SSSR count). The Morgan fingerprint density at radius 2 is 0.932 bits per heavy atom. The van der Waals surface area contributed by atoms with Gasteiger partial charge in [0.05, 0.1) is 6.42 Å². The monoisotopic (exact) mass is 701 g/mol. The van der Waals surface area contributed by atoms with E-state index in [9.17, 15) is 107 Å². The summed E-state index contributed by atoms with van der Waals surface area (Å²) >= 11 is 0. The molecule has 1 aliphatic heterocycles. The molecule has 0 radical (unpaired) electrons. The lowest BCUT2D eigenvalue weighted by Crippen LogP contribution is -2.77. The van der Waals surface area contributed by atoms with Gasteiger partial charge in [-0.25, -0.2) is 0 Å². The Bertz CT molecular complexity index is 1200. The zero-order valence-electron chi connectivity index (χ0n) is 19.9. The second-order valence-electron chi connectivity index (χ2n) is 8.51. The first-order valence-corrected chi connectivity index (χ1v) is 10.2. The third kappa shape index (κ3) is 5.17. The molecule has 0 aromatic heterocycles. The highest BCUT2D eigenvalue weighted by Crippen LogP contribution is 2.66. The fraction of sp³-hybridized carbons (Fsp3) is 0.722. The van der Waals surface area contributed by atoms with Crippen molar-refractivity contribution in [1.82, 2.24) is 5.32 Å². The Hall–Kier alpha value is -3.12. The molecule has 0 bridgehead atoms. The average Bonchev–Trinajstić information content (AvgIpc) is 3.12. The SMILES string of the molecule is CC(OC(=O)CC1=CC(=O)NC1=O)C(F)(F)C(F)(F)C(F)(F)C(F)(F)C(F)(F)C(F)(F)C(F)(F)C(F)(F)C(F)(F)C(F)(F)F. The minimum absolute atomic E-state index is 0.252. The van der Waals surface area contributed by atoms with Crippen LogP contribution in [-0.2, 0) is 19.1 Å². The van der Waals surface area contributed by atoms with Gasteiger partial charge in [0.15, 0.2) is 6.10 Å². The fourth-order valence-electron chi connectivity index (χ4n) is 2.88. The summed E-state index contributed by atoms with van der Waals surface area (Å²) in [5, 5.41) is 1.42. The number of halogens is 21. The number of hydrogen-bond donors (Lipinski definition) is 1. The highest BCUT2D eigenvalue weighted by atomic mass is 19.4. The first-order valence-electron chi connectivity index (χ1n) is 10.2. The van der Waals surface area contributed by atoms with Crippen LogP contribution in [0.3, 0.4) is 0 Å². The molecule has 0 aromatic rings. The number of ether oxygens (including phenoxy) is 1. The Labute approximate surface area is 226 Å². The van der Waals surface area contributed by atoms with Gasteiger partial charge >= 0.3 is 65.4 Å². The molecule has 1 atom stereocenters. The lowest BCUT2D eigenvalue weighted by molar-refractivity contribution is -0.475. The van der Waals surface area contributed by atoms with Crippen LogP contribution in [0.1, 0.15) is 13.3 Å². The van der Waals surface area contributed by atoms with Crippen molar-refractivity contribution in [3.8, 4) is 0 Å². The molecule has 2 amide bonds. The molecule has 1 aliphatic rings. The number of amides is 2. The Balaban J connectivity index is 3.58. The van der Waals surface area contributed by atoms with Crippen molar-refractivity contribution in [2.24, 2.45) is 0 Å². The number of imide groups is 1. The highest BCUT2D eigenvalue weighted by molar-refractivity contribution is 6.17. The van der Waals surface area contributed by atoms with Crippen LogP contribution in [0.4, 0.5) is 92.2 Å². The molecule has 0 fully saturated rings. The molecule has 0 aromatic carbocycles. The number of carbonyl (C=O) groups excluding carboxylic acids is 3. The summed E-state index contributed by atoms with van der Waals surface area (Å²) in [7, 11) is 0. The van der Waals surface area contributed by atoms with Crippen LogP contribution in [0.25, 0.3) is 0 Å². The van der Waals surface area contributed by atoms with Crippen molar-refractivity contribution < 1.29 is 111 Å². The van der Waals surface area contributed by atoms with Crippen molar-refractivity contribution >= 4 is 17.8 Å². The largest absolute Gasteiger partial charge is 0.460 e.